The minimum Gasteiger partial charge on any atom is -0.491 e. The summed E-state index contributed by atoms with van der Waals surface area (Å²) in [5, 5.41) is 12.5. The van der Waals surface area contributed by atoms with Gasteiger partial charge in [0.2, 0.25) is 5.91 Å². The van der Waals surface area contributed by atoms with Gasteiger partial charge in [-0.2, -0.15) is 0 Å². The molecule has 0 saturated heterocycles. The van der Waals surface area contributed by atoms with Gasteiger partial charge in [0.25, 0.3) is 0 Å². The normalized spacial score (nSPS) is 22.5. The molecule has 2 N–H and O–H groups in total. The number of anilines is 1. The minimum atomic E-state index is -0.497. The number of rotatable bonds is 4. The van der Waals surface area contributed by atoms with Gasteiger partial charge in [0, 0.05) is 5.69 Å². The van der Waals surface area contributed by atoms with Gasteiger partial charge in [0.15, 0.2) is 0 Å². The van der Waals surface area contributed by atoms with Crippen LogP contribution in [-0.2, 0) is 4.79 Å². The fourth-order valence-electron chi connectivity index (χ4n) is 2.37. The summed E-state index contributed by atoms with van der Waals surface area (Å²) >= 11 is 0. The van der Waals surface area contributed by atoms with E-state index in [-0.39, 0.29) is 17.9 Å². The number of nitrogens with one attached hydrogen (secondary N) is 1. The van der Waals surface area contributed by atoms with Gasteiger partial charge in [-0.15, -0.1) is 0 Å². The highest BCUT2D eigenvalue weighted by Crippen LogP contribution is 2.27. The number of carbonyl (C=O) groups excluding carboxylic acids is 1. The molecule has 1 amide bonds. The number of hydrogen-bond donors (Lipinski definition) is 2. The number of aliphatic hydroxyl groups excluding tert-OH is 1. The van der Waals surface area contributed by atoms with Gasteiger partial charge < -0.3 is 15.2 Å². The average Bonchev–Trinajstić information content (AvgIpc) is 2.77. The highest BCUT2D eigenvalue weighted by Gasteiger charge is 2.31. The van der Waals surface area contributed by atoms with Crippen LogP contribution >= 0.6 is 0 Å². The van der Waals surface area contributed by atoms with E-state index in [1.54, 1.807) is 0 Å². The van der Waals surface area contributed by atoms with Gasteiger partial charge in [-0.1, -0.05) is 0 Å². The van der Waals surface area contributed by atoms with Crippen molar-refractivity contribution in [3.63, 3.8) is 0 Å². The summed E-state index contributed by atoms with van der Waals surface area (Å²) in [5.41, 5.74) is 0.736. The maximum atomic E-state index is 12.0. The molecule has 2 atom stereocenters. The van der Waals surface area contributed by atoms with Crippen LogP contribution in [0, 0.1) is 5.92 Å². The van der Waals surface area contributed by atoms with E-state index in [2.05, 4.69) is 5.32 Å². The lowest BCUT2D eigenvalue weighted by Gasteiger charge is -2.15. The zero-order valence-corrected chi connectivity index (χ0v) is 11.4. The molecule has 1 aliphatic rings. The molecular weight excluding hydrogens is 242 g/mol. The molecule has 4 heteroatoms. The van der Waals surface area contributed by atoms with Crippen molar-refractivity contribution in [3.8, 4) is 5.75 Å². The van der Waals surface area contributed by atoms with E-state index in [4.69, 9.17) is 4.74 Å². The first kappa shape index (κ1) is 13.9. The van der Waals surface area contributed by atoms with Crippen molar-refractivity contribution in [2.45, 2.75) is 45.3 Å². The third-order valence-electron chi connectivity index (χ3n) is 3.31. The molecule has 19 heavy (non-hydrogen) atoms. The smallest absolute Gasteiger partial charge is 0.230 e. The topological polar surface area (TPSA) is 58.6 Å². The number of amides is 1. The quantitative estimate of drug-likeness (QED) is 0.877. The van der Waals surface area contributed by atoms with Gasteiger partial charge in [0.05, 0.1) is 18.1 Å². The Bertz CT molecular complexity index is 428. The van der Waals surface area contributed by atoms with Crippen LogP contribution in [0.15, 0.2) is 24.3 Å². The lowest BCUT2D eigenvalue weighted by Crippen LogP contribution is -2.28. The van der Waals surface area contributed by atoms with Crippen molar-refractivity contribution in [2.24, 2.45) is 5.92 Å². The summed E-state index contributed by atoms with van der Waals surface area (Å²) < 4.78 is 5.54. The first-order chi connectivity index (χ1) is 9.06. The van der Waals surface area contributed by atoms with Gasteiger partial charge in [-0.3, -0.25) is 4.79 Å². The van der Waals surface area contributed by atoms with Crippen molar-refractivity contribution >= 4 is 11.6 Å². The molecule has 0 aromatic heterocycles. The second-order valence-corrected chi connectivity index (χ2v) is 5.28. The van der Waals surface area contributed by atoms with Gasteiger partial charge >= 0.3 is 0 Å². The van der Waals surface area contributed by atoms with Crippen LogP contribution in [0.4, 0.5) is 5.69 Å². The van der Waals surface area contributed by atoms with E-state index in [9.17, 15) is 9.90 Å². The number of ether oxygens (including phenoxy) is 1. The highest BCUT2D eigenvalue weighted by atomic mass is 16.5. The van der Waals surface area contributed by atoms with Crippen LogP contribution < -0.4 is 10.1 Å². The zero-order valence-electron chi connectivity index (χ0n) is 11.4. The van der Waals surface area contributed by atoms with E-state index in [0.29, 0.717) is 0 Å². The molecule has 1 fully saturated rings. The monoisotopic (exact) mass is 263 g/mol. The molecule has 4 nitrogen and oxygen atoms in total. The summed E-state index contributed by atoms with van der Waals surface area (Å²) in [6.45, 7) is 3.94. The zero-order chi connectivity index (χ0) is 13.8. The Morgan fingerprint density at radius 2 is 2.00 bits per heavy atom. The predicted octanol–water partition coefficient (Wildman–Crippen LogP) is 2.57. The molecule has 0 heterocycles. The van der Waals surface area contributed by atoms with Crippen LogP contribution in [0.25, 0.3) is 0 Å². The van der Waals surface area contributed by atoms with E-state index < -0.39 is 6.10 Å². The molecule has 0 aliphatic heterocycles. The molecule has 1 aliphatic carbocycles. The Hall–Kier alpha value is -1.55. The third-order valence-corrected chi connectivity index (χ3v) is 3.31. The van der Waals surface area contributed by atoms with Crippen LogP contribution in [0.5, 0.6) is 5.75 Å². The molecule has 2 unspecified atom stereocenters. The molecule has 1 aromatic carbocycles. The molecule has 0 radical (unpaired) electrons. The van der Waals surface area contributed by atoms with Crippen molar-refractivity contribution in [3.05, 3.63) is 24.3 Å². The second kappa shape index (κ2) is 6.06. The number of hydrogen-bond acceptors (Lipinski definition) is 3. The van der Waals surface area contributed by atoms with E-state index in [1.165, 1.54) is 0 Å². The fourth-order valence-corrected chi connectivity index (χ4v) is 2.37. The maximum absolute atomic E-state index is 12.0. The Morgan fingerprint density at radius 3 is 2.53 bits per heavy atom. The maximum Gasteiger partial charge on any atom is 0.230 e. The fraction of sp³-hybridized carbons (Fsp3) is 0.533. The minimum absolute atomic E-state index is 0.0949. The Balaban J connectivity index is 1.93. The van der Waals surface area contributed by atoms with Crippen molar-refractivity contribution in [1.82, 2.24) is 0 Å². The Kier molecular flexibility index (Phi) is 4.43. The third kappa shape index (κ3) is 3.70. The van der Waals surface area contributed by atoms with E-state index in [1.807, 2.05) is 38.1 Å². The molecule has 1 saturated carbocycles. The summed E-state index contributed by atoms with van der Waals surface area (Å²) in [5.74, 6) is 0.419. The van der Waals surface area contributed by atoms with E-state index in [0.717, 1.165) is 30.7 Å². The van der Waals surface area contributed by atoms with Gasteiger partial charge in [-0.05, 0) is 57.4 Å². The largest absolute Gasteiger partial charge is 0.491 e. The molecular formula is C15H21NO3. The molecule has 0 spiro atoms. The lowest BCUT2D eigenvalue weighted by atomic mass is 10.1. The molecule has 1 aromatic rings. The lowest BCUT2D eigenvalue weighted by molar-refractivity contribution is -0.122. The number of carbonyl (C=O) groups is 1. The first-order valence-electron chi connectivity index (χ1n) is 6.82. The molecule has 0 bridgehead atoms. The summed E-state index contributed by atoms with van der Waals surface area (Å²) in [7, 11) is 0. The van der Waals surface area contributed by atoms with Crippen molar-refractivity contribution in [1.29, 1.82) is 0 Å². The van der Waals surface area contributed by atoms with Gasteiger partial charge in [0.1, 0.15) is 5.75 Å². The highest BCUT2D eigenvalue weighted by molar-refractivity contribution is 5.93. The summed E-state index contributed by atoms with van der Waals surface area (Å²) in [4.78, 5) is 12.0. The Labute approximate surface area is 113 Å². The van der Waals surface area contributed by atoms with Crippen LogP contribution in [0.3, 0.4) is 0 Å². The summed E-state index contributed by atoms with van der Waals surface area (Å²) in [6.07, 6.45) is 2.04. The second-order valence-electron chi connectivity index (χ2n) is 5.28. The van der Waals surface area contributed by atoms with Crippen LogP contribution in [0.1, 0.15) is 33.1 Å². The molecule has 104 valence electrons. The number of aliphatic hydroxyl groups is 1. The standard InChI is InChI=1S/C15H21NO3/c1-10(2)19-12-8-6-11(7-9-12)16-15(18)13-4-3-5-14(13)17/h6-10,13-14,17H,3-5H2,1-2H3,(H,16,18). The van der Waals surface area contributed by atoms with Crippen molar-refractivity contribution < 1.29 is 14.6 Å². The van der Waals surface area contributed by atoms with Gasteiger partial charge in [-0.25, -0.2) is 0 Å². The Morgan fingerprint density at radius 1 is 1.32 bits per heavy atom. The molecule has 2 rings (SSSR count). The predicted molar refractivity (Wildman–Crippen MR) is 74.2 cm³/mol. The summed E-state index contributed by atoms with van der Waals surface area (Å²) in [6, 6.07) is 7.30. The average molecular weight is 263 g/mol. The SMILES string of the molecule is CC(C)Oc1ccc(NC(=O)C2CCCC2O)cc1. The van der Waals surface area contributed by atoms with Crippen LogP contribution in [0.2, 0.25) is 0 Å². The number of benzene rings is 1. The van der Waals surface area contributed by atoms with Crippen molar-refractivity contribution in [2.75, 3.05) is 5.32 Å². The van der Waals surface area contributed by atoms with E-state index >= 15 is 0 Å². The first-order valence-corrected chi connectivity index (χ1v) is 6.82. The van der Waals surface area contributed by atoms with Crippen LogP contribution in [-0.4, -0.2) is 23.2 Å².